The van der Waals surface area contributed by atoms with Gasteiger partial charge in [-0.15, -0.1) is 0 Å². The number of rotatable bonds is 4. The van der Waals surface area contributed by atoms with E-state index in [0.717, 1.165) is 28.1 Å². The smallest absolute Gasteiger partial charge is 0.221 e. The van der Waals surface area contributed by atoms with Crippen molar-refractivity contribution in [1.82, 2.24) is 10.5 Å². The predicted molar refractivity (Wildman–Crippen MR) is 86.0 cm³/mol. The molecule has 23 heavy (non-hydrogen) atoms. The van der Waals surface area contributed by atoms with Crippen LogP contribution in [-0.4, -0.2) is 22.3 Å². The summed E-state index contributed by atoms with van der Waals surface area (Å²) < 4.78 is 5.17. The molecule has 0 saturated carbocycles. The van der Waals surface area contributed by atoms with Gasteiger partial charge in [0.05, 0.1) is 17.8 Å². The first-order chi connectivity index (χ1) is 11.0. The van der Waals surface area contributed by atoms with Crippen molar-refractivity contribution in [3.63, 3.8) is 0 Å². The Morgan fingerprint density at radius 2 is 2.17 bits per heavy atom. The topological polar surface area (TPSA) is 75.4 Å². The van der Waals surface area contributed by atoms with E-state index in [1.807, 2.05) is 45.0 Å². The Hall–Kier alpha value is -2.14. The Balaban J connectivity index is 1.68. The maximum atomic E-state index is 12.4. The van der Waals surface area contributed by atoms with Crippen molar-refractivity contribution in [3.05, 3.63) is 52.4 Å². The average molecular weight is 314 g/mol. The van der Waals surface area contributed by atoms with Crippen LogP contribution in [0.15, 0.2) is 28.8 Å². The van der Waals surface area contributed by atoms with Crippen LogP contribution in [0, 0.1) is 13.8 Å². The number of carbonyl (C=O) groups excluding carboxylic acids is 1. The van der Waals surface area contributed by atoms with E-state index in [-0.39, 0.29) is 17.9 Å². The monoisotopic (exact) mass is 314 g/mol. The first-order valence-electron chi connectivity index (χ1n) is 7.95. The largest absolute Gasteiger partial charge is 0.390 e. The molecule has 2 aromatic rings. The Bertz CT molecular complexity index is 703. The zero-order valence-corrected chi connectivity index (χ0v) is 13.7. The Morgan fingerprint density at radius 3 is 2.87 bits per heavy atom. The second-order valence-electron chi connectivity index (χ2n) is 6.36. The zero-order chi connectivity index (χ0) is 16.6. The molecule has 122 valence electrons. The number of aliphatic hydroxyl groups is 1. The van der Waals surface area contributed by atoms with Crippen LogP contribution in [-0.2, 0) is 11.2 Å². The van der Waals surface area contributed by atoms with Crippen molar-refractivity contribution in [2.45, 2.75) is 51.7 Å². The molecule has 5 nitrogen and oxygen atoms in total. The molecule has 0 bridgehead atoms. The summed E-state index contributed by atoms with van der Waals surface area (Å²) in [6.07, 6.45) is 0.361. The van der Waals surface area contributed by atoms with Gasteiger partial charge in [-0.2, -0.15) is 0 Å². The van der Waals surface area contributed by atoms with Crippen molar-refractivity contribution in [2.75, 3.05) is 0 Å². The predicted octanol–water partition coefficient (Wildman–Crippen LogP) is 2.56. The van der Waals surface area contributed by atoms with Crippen molar-refractivity contribution in [3.8, 4) is 0 Å². The van der Waals surface area contributed by atoms with Crippen molar-refractivity contribution in [1.29, 1.82) is 0 Å². The number of aryl methyl sites for hydroxylation is 2. The van der Waals surface area contributed by atoms with E-state index in [1.165, 1.54) is 0 Å². The van der Waals surface area contributed by atoms with Gasteiger partial charge in [-0.3, -0.25) is 4.79 Å². The highest BCUT2D eigenvalue weighted by molar-refractivity contribution is 5.77. The molecule has 0 radical (unpaired) electrons. The quantitative estimate of drug-likeness (QED) is 0.909. The first-order valence-corrected chi connectivity index (χ1v) is 7.95. The summed E-state index contributed by atoms with van der Waals surface area (Å²) in [4.78, 5) is 12.4. The summed E-state index contributed by atoms with van der Waals surface area (Å²) in [5.41, 5.74) is 3.93. The van der Waals surface area contributed by atoms with Crippen LogP contribution in [0.1, 0.15) is 53.4 Å². The molecule has 0 fully saturated rings. The van der Waals surface area contributed by atoms with Gasteiger partial charge in [0.1, 0.15) is 5.76 Å². The molecule has 1 aliphatic carbocycles. The number of fused-ring (bicyclic) bond motifs is 1. The molecule has 2 N–H and O–H groups in total. The molecule has 1 aliphatic rings. The standard InChI is InChI=1S/C18H22N2O3/c1-10(17-11(2)20-23-12(17)3)8-16(22)19-18-14-7-5-4-6-13(14)9-15(18)21/h4-7,10,15,18,21H,8-9H2,1-3H3,(H,19,22). The third kappa shape index (κ3) is 3.01. The van der Waals surface area contributed by atoms with E-state index in [0.29, 0.717) is 12.8 Å². The van der Waals surface area contributed by atoms with E-state index in [9.17, 15) is 9.90 Å². The highest BCUT2D eigenvalue weighted by Crippen LogP contribution is 2.32. The van der Waals surface area contributed by atoms with Crippen LogP contribution in [0.2, 0.25) is 0 Å². The number of carbonyl (C=O) groups is 1. The number of aromatic nitrogens is 1. The summed E-state index contributed by atoms with van der Waals surface area (Å²) in [7, 11) is 0. The summed E-state index contributed by atoms with van der Waals surface area (Å²) >= 11 is 0. The van der Waals surface area contributed by atoms with Crippen molar-refractivity contribution >= 4 is 5.91 Å². The minimum absolute atomic E-state index is 0.0232. The van der Waals surface area contributed by atoms with Crippen LogP contribution in [0.4, 0.5) is 0 Å². The lowest BCUT2D eigenvalue weighted by Gasteiger charge is -2.19. The SMILES string of the molecule is Cc1noc(C)c1C(C)CC(=O)NC1c2ccccc2CC1O. The van der Waals surface area contributed by atoms with Gasteiger partial charge < -0.3 is 14.9 Å². The lowest BCUT2D eigenvalue weighted by atomic mass is 9.95. The van der Waals surface area contributed by atoms with Crippen LogP contribution in [0.5, 0.6) is 0 Å². The van der Waals surface area contributed by atoms with E-state index < -0.39 is 6.10 Å². The number of nitrogens with zero attached hydrogens (tertiary/aromatic N) is 1. The van der Waals surface area contributed by atoms with Crippen molar-refractivity contribution < 1.29 is 14.4 Å². The highest BCUT2D eigenvalue weighted by Gasteiger charge is 2.32. The van der Waals surface area contributed by atoms with Gasteiger partial charge in [0.25, 0.3) is 0 Å². The number of aliphatic hydroxyl groups excluding tert-OH is 1. The summed E-state index contributed by atoms with van der Waals surface area (Å²) in [5, 5.41) is 17.1. The maximum absolute atomic E-state index is 12.4. The summed E-state index contributed by atoms with van der Waals surface area (Å²) in [6, 6.07) is 7.53. The van der Waals surface area contributed by atoms with Crippen LogP contribution >= 0.6 is 0 Å². The van der Waals surface area contributed by atoms with Gasteiger partial charge in [-0.25, -0.2) is 0 Å². The van der Waals surface area contributed by atoms with E-state index in [4.69, 9.17) is 4.52 Å². The van der Waals surface area contributed by atoms with Gasteiger partial charge in [0.2, 0.25) is 5.91 Å². The minimum Gasteiger partial charge on any atom is -0.390 e. The van der Waals surface area contributed by atoms with Crippen LogP contribution in [0.3, 0.4) is 0 Å². The van der Waals surface area contributed by atoms with Gasteiger partial charge >= 0.3 is 0 Å². The fourth-order valence-electron chi connectivity index (χ4n) is 3.55. The molecule has 3 unspecified atom stereocenters. The Morgan fingerprint density at radius 1 is 1.43 bits per heavy atom. The third-order valence-electron chi connectivity index (χ3n) is 4.59. The van der Waals surface area contributed by atoms with Gasteiger partial charge in [-0.05, 0) is 30.9 Å². The van der Waals surface area contributed by atoms with E-state index in [2.05, 4.69) is 10.5 Å². The number of hydrogen-bond acceptors (Lipinski definition) is 4. The number of hydrogen-bond donors (Lipinski definition) is 2. The number of benzene rings is 1. The molecule has 1 aromatic heterocycles. The Labute approximate surface area is 135 Å². The molecule has 1 amide bonds. The molecule has 1 heterocycles. The maximum Gasteiger partial charge on any atom is 0.221 e. The van der Waals surface area contributed by atoms with Crippen LogP contribution in [0.25, 0.3) is 0 Å². The normalized spacial score (nSPS) is 21.0. The van der Waals surface area contributed by atoms with Gasteiger partial charge in [0.15, 0.2) is 0 Å². The highest BCUT2D eigenvalue weighted by atomic mass is 16.5. The third-order valence-corrected chi connectivity index (χ3v) is 4.59. The molecular weight excluding hydrogens is 292 g/mol. The van der Waals surface area contributed by atoms with Gasteiger partial charge in [-0.1, -0.05) is 36.3 Å². The zero-order valence-electron chi connectivity index (χ0n) is 13.7. The minimum atomic E-state index is -0.564. The first kappa shape index (κ1) is 15.7. The molecule has 0 spiro atoms. The molecule has 3 atom stereocenters. The Kier molecular flexibility index (Phi) is 4.22. The van der Waals surface area contributed by atoms with E-state index >= 15 is 0 Å². The molecule has 5 heteroatoms. The number of amides is 1. The molecule has 0 saturated heterocycles. The summed E-state index contributed by atoms with van der Waals surface area (Å²) in [5.74, 6) is 0.710. The molecule has 3 rings (SSSR count). The molecule has 1 aromatic carbocycles. The fraction of sp³-hybridized carbons (Fsp3) is 0.444. The van der Waals surface area contributed by atoms with Gasteiger partial charge in [0, 0.05) is 18.4 Å². The molecule has 0 aliphatic heterocycles. The molecular formula is C18H22N2O3. The lowest BCUT2D eigenvalue weighted by molar-refractivity contribution is -0.122. The second kappa shape index (κ2) is 6.16. The second-order valence-corrected chi connectivity index (χ2v) is 6.36. The average Bonchev–Trinajstić information content (AvgIpc) is 2.99. The van der Waals surface area contributed by atoms with Crippen molar-refractivity contribution in [2.24, 2.45) is 0 Å². The lowest BCUT2D eigenvalue weighted by Crippen LogP contribution is -2.34. The van der Waals surface area contributed by atoms with Crippen LogP contribution < -0.4 is 5.32 Å². The van der Waals surface area contributed by atoms with E-state index in [1.54, 1.807) is 0 Å². The fourth-order valence-corrected chi connectivity index (χ4v) is 3.55. The summed E-state index contributed by atoms with van der Waals surface area (Å²) in [6.45, 7) is 5.74. The number of nitrogens with one attached hydrogen (secondary N) is 1.